The van der Waals surface area contributed by atoms with Gasteiger partial charge in [-0.25, -0.2) is 4.79 Å². The quantitative estimate of drug-likeness (QED) is 0.849. The minimum absolute atomic E-state index is 0.0150. The highest BCUT2D eigenvalue weighted by atomic mass is 79.9. The van der Waals surface area contributed by atoms with Crippen molar-refractivity contribution in [3.05, 3.63) is 28.5 Å². The Morgan fingerprint density at radius 2 is 1.96 bits per heavy atom. The average Bonchev–Trinajstić information content (AvgIpc) is 2.84. The van der Waals surface area contributed by atoms with Crippen molar-refractivity contribution in [2.75, 3.05) is 13.1 Å². The van der Waals surface area contributed by atoms with E-state index in [1.807, 2.05) is 32.9 Å². The first-order valence-electron chi connectivity index (χ1n) is 7.56. The van der Waals surface area contributed by atoms with Crippen LogP contribution in [-0.2, 0) is 14.9 Å². The number of ether oxygens (including phenoxy) is 1. The molecule has 0 bridgehead atoms. The molecule has 2 amide bonds. The number of piperidine rings is 1. The fourth-order valence-electron chi connectivity index (χ4n) is 3.60. The molecule has 0 radical (unpaired) electrons. The number of carbonyl (C=O) groups excluding carboxylic acids is 2. The van der Waals surface area contributed by atoms with Crippen molar-refractivity contribution in [2.24, 2.45) is 17.6 Å². The van der Waals surface area contributed by atoms with Crippen LogP contribution in [0, 0.1) is 11.8 Å². The lowest BCUT2D eigenvalue weighted by molar-refractivity contribution is -0.121. The van der Waals surface area contributed by atoms with Crippen molar-refractivity contribution < 1.29 is 14.3 Å². The van der Waals surface area contributed by atoms with Crippen LogP contribution < -0.4 is 5.73 Å². The molecule has 7 heteroatoms. The lowest BCUT2D eigenvalue weighted by atomic mass is 9.94. The number of hydrogen-bond acceptors (Lipinski definition) is 4. The monoisotopic (exact) mass is 381 g/mol. The number of rotatable bonds is 2. The first-order chi connectivity index (χ1) is 10.7. The number of aromatic nitrogens is 1. The molecule has 124 valence electrons. The number of halogens is 1. The molecule has 1 unspecified atom stereocenters. The Kier molecular flexibility index (Phi) is 3.66. The van der Waals surface area contributed by atoms with E-state index in [1.165, 1.54) is 0 Å². The lowest BCUT2D eigenvalue weighted by Gasteiger charge is -2.28. The van der Waals surface area contributed by atoms with Crippen molar-refractivity contribution in [3.63, 3.8) is 0 Å². The van der Waals surface area contributed by atoms with Crippen LogP contribution in [0.25, 0.3) is 0 Å². The summed E-state index contributed by atoms with van der Waals surface area (Å²) < 4.78 is 6.24. The van der Waals surface area contributed by atoms with Gasteiger partial charge in [0.1, 0.15) is 11.0 Å². The average molecular weight is 382 g/mol. The summed E-state index contributed by atoms with van der Waals surface area (Å²) in [7, 11) is 0. The van der Waals surface area contributed by atoms with Crippen molar-refractivity contribution in [1.29, 1.82) is 0 Å². The number of nitrogens with two attached hydrogens (primary N) is 1. The van der Waals surface area contributed by atoms with Crippen molar-refractivity contribution in [2.45, 2.75) is 31.8 Å². The van der Waals surface area contributed by atoms with Gasteiger partial charge in [0.05, 0.1) is 5.69 Å². The molecule has 1 aliphatic carbocycles. The molecule has 6 nitrogen and oxygen atoms in total. The molecule has 3 rings (SSSR count). The van der Waals surface area contributed by atoms with Crippen LogP contribution in [0.1, 0.15) is 26.5 Å². The summed E-state index contributed by atoms with van der Waals surface area (Å²) >= 11 is 3.34. The molecule has 1 aromatic rings. The Hall–Kier alpha value is -1.63. The van der Waals surface area contributed by atoms with Gasteiger partial charge in [-0.2, -0.15) is 0 Å². The number of pyridine rings is 1. The standard InChI is InChI=1S/C16H20BrN3O3/c1-15(2,3)23-14(22)20-7-10-11(8-20)16(10,13(18)21)12-5-4-9(17)6-19-12/h4-6,10-11H,7-8H2,1-3H3,(H2,18,21)/t10-,11+,16?. The largest absolute Gasteiger partial charge is 0.444 e. The van der Waals surface area contributed by atoms with Crippen LogP contribution in [-0.4, -0.2) is 40.6 Å². The fraction of sp³-hybridized carbons (Fsp3) is 0.562. The van der Waals surface area contributed by atoms with Crippen molar-refractivity contribution in [1.82, 2.24) is 9.88 Å². The summed E-state index contributed by atoms with van der Waals surface area (Å²) in [5.74, 6) is -0.339. The van der Waals surface area contributed by atoms with Gasteiger partial charge < -0.3 is 15.4 Å². The van der Waals surface area contributed by atoms with Gasteiger partial charge in [0, 0.05) is 35.6 Å². The molecule has 0 spiro atoms. The maximum absolute atomic E-state index is 12.2. The molecule has 1 aromatic heterocycles. The highest BCUT2D eigenvalue weighted by molar-refractivity contribution is 9.10. The number of hydrogen-bond donors (Lipinski definition) is 1. The topological polar surface area (TPSA) is 85.5 Å². The van der Waals surface area contributed by atoms with Crippen LogP contribution >= 0.6 is 15.9 Å². The number of likely N-dealkylation sites (tertiary alicyclic amines) is 1. The number of nitrogens with zero attached hydrogens (tertiary/aromatic N) is 2. The summed E-state index contributed by atoms with van der Waals surface area (Å²) in [5.41, 5.74) is 5.10. The van der Waals surface area contributed by atoms with Gasteiger partial charge in [0.2, 0.25) is 5.91 Å². The van der Waals surface area contributed by atoms with Gasteiger partial charge in [-0.15, -0.1) is 0 Å². The summed E-state index contributed by atoms with van der Waals surface area (Å²) in [6, 6.07) is 3.68. The van der Waals surface area contributed by atoms with Crippen LogP contribution in [0.5, 0.6) is 0 Å². The summed E-state index contributed by atoms with van der Waals surface area (Å²) in [4.78, 5) is 30.3. The third kappa shape index (κ3) is 2.60. The molecular formula is C16H20BrN3O3. The van der Waals surface area contributed by atoms with Crippen LogP contribution in [0.15, 0.2) is 22.8 Å². The molecular weight excluding hydrogens is 362 g/mol. The number of amides is 2. The van der Waals surface area contributed by atoms with Crippen molar-refractivity contribution in [3.8, 4) is 0 Å². The predicted octanol–water partition coefficient (Wildman–Crippen LogP) is 2.06. The van der Waals surface area contributed by atoms with Gasteiger partial charge in [-0.3, -0.25) is 9.78 Å². The second kappa shape index (κ2) is 5.19. The number of primary amides is 1. The highest BCUT2D eigenvalue weighted by Gasteiger charge is 2.74. The van der Waals surface area contributed by atoms with E-state index < -0.39 is 11.0 Å². The minimum Gasteiger partial charge on any atom is -0.444 e. The molecule has 2 aliphatic rings. The Morgan fingerprint density at radius 1 is 1.35 bits per heavy atom. The zero-order valence-corrected chi connectivity index (χ0v) is 15.0. The zero-order valence-electron chi connectivity index (χ0n) is 13.4. The molecule has 1 saturated heterocycles. The molecule has 3 atom stereocenters. The first kappa shape index (κ1) is 16.2. The smallest absolute Gasteiger partial charge is 0.410 e. The van der Waals surface area contributed by atoms with E-state index >= 15 is 0 Å². The van der Waals surface area contributed by atoms with E-state index in [0.29, 0.717) is 18.8 Å². The molecule has 1 aliphatic heterocycles. The predicted molar refractivity (Wildman–Crippen MR) is 87.6 cm³/mol. The summed E-state index contributed by atoms with van der Waals surface area (Å²) in [6.07, 6.45) is 1.33. The van der Waals surface area contributed by atoms with Crippen LogP contribution in [0.4, 0.5) is 4.79 Å². The van der Waals surface area contributed by atoms with E-state index in [-0.39, 0.29) is 23.8 Å². The van der Waals surface area contributed by atoms with Gasteiger partial charge in [-0.1, -0.05) is 0 Å². The lowest BCUT2D eigenvalue weighted by Crippen LogP contribution is -2.43. The van der Waals surface area contributed by atoms with E-state index in [0.717, 1.165) is 4.47 Å². The fourth-order valence-corrected chi connectivity index (χ4v) is 3.83. The molecule has 2 heterocycles. The van der Waals surface area contributed by atoms with Gasteiger partial charge in [0.15, 0.2) is 0 Å². The van der Waals surface area contributed by atoms with Crippen molar-refractivity contribution >= 4 is 27.9 Å². The molecule has 23 heavy (non-hydrogen) atoms. The molecule has 2 fully saturated rings. The number of fused-ring (bicyclic) bond motifs is 1. The zero-order chi connectivity index (χ0) is 17.0. The van der Waals surface area contributed by atoms with Crippen LogP contribution in [0.3, 0.4) is 0 Å². The molecule has 2 N–H and O–H groups in total. The van der Waals surface area contributed by atoms with Gasteiger partial charge >= 0.3 is 6.09 Å². The maximum atomic E-state index is 12.2. The third-order valence-corrected chi connectivity index (χ3v) is 5.06. The van der Waals surface area contributed by atoms with E-state index in [1.54, 1.807) is 11.1 Å². The Bertz CT molecular complexity index is 642. The van der Waals surface area contributed by atoms with E-state index in [2.05, 4.69) is 20.9 Å². The van der Waals surface area contributed by atoms with Gasteiger partial charge in [-0.05, 0) is 48.8 Å². The Morgan fingerprint density at radius 3 is 2.39 bits per heavy atom. The highest BCUT2D eigenvalue weighted by Crippen LogP contribution is 2.63. The maximum Gasteiger partial charge on any atom is 0.410 e. The summed E-state index contributed by atoms with van der Waals surface area (Å²) in [5, 5.41) is 0. The van der Waals surface area contributed by atoms with Gasteiger partial charge in [0.25, 0.3) is 0 Å². The number of carbonyl (C=O) groups is 2. The van der Waals surface area contributed by atoms with E-state index in [4.69, 9.17) is 10.5 Å². The second-order valence-electron chi connectivity index (χ2n) is 7.19. The second-order valence-corrected chi connectivity index (χ2v) is 8.11. The van der Waals surface area contributed by atoms with Crippen LogP contribution in [0.2, 0.25) is 0 Å². The van der Waals surface area contributed by atoms with E-state index in [9.17, 15) is 9.59 Å². The minimum atomic E-state index is -0.751. The summed E-state index contributed by atoms with van der Waals surface area (Å²) in [6.45, 7) is 6.45. The third-order valence-electron chi connectivity index (χ3n) is 4.59. The molecule has 1 saturated carbocycles. The molecule has 0 aromatic carbocycles. The Balaban J connectivity index is 1.77. The normalized spacial score (nSPS) is 29.1. The Labute approximate surface area is 143 Å². The first-order valence-corrected chi connectivity index (χ1v) is 8.35. The SMILES string of the molecule is CC(C)(C)OC(=O)N1C[C@@H]2[C@H](C1)C2(C(N)=O)c1ccc(Br)cn1.